The van der Waals surface area contributed by atoms with Crippen LogP contribution in [0.3, 0.4) is 0 Å². The lowest BCUT2D eigenvalue weighted by molar-refractivity contribution is 0.00990. The van der Waals surface area contributed by atoms with E-state index in [9.17, 15) is 0 Å². The first-order valence-corrected chi connectivity index (χ1v) is 11.6. The van der Waals surface area contributed by atoms with Crippen LogP contribution in [-0.2, 0) is 22.6 Å². The van der Waals surface area contributed by atoms with Gasteiger partial charge in [-0.25, -0.2) is 4.99 Å². The molecule has 2 rings (SSSR count). The van der Waals surface area contributed by atoms with E-state index in [-0.39, 0.29) is 24.0 Å². The number of halogens is 1. The number of aliphatic imine (C=N–C) groups is 1. The van der Waals surface area contributed by atoms with E-state index in [1.165, 1.54) is 11.1 Å². The molecule has 7 heteroatoms. The predicted octanol–water partition coefficient (Wildman–Crippen LogP) is 4.13. The monoisotopic (exact) mass is 546 g/mol. The van der Waals surface area contributed by atoms with Gasteiger partial charge in [0.05, 0.1) is 12.6 Å². The van der Waals surface area contributed by atoms with Crippen LogP contribution in [0.4, 0.5) is 0 Å². The van der Waals surface area contributed by atoms with Crippen LogP contribution in [0.2, 0.25) is 0 Å². The van der Waals surface area contributed by atoms with Crippen LogP contribution in [-0.4, -0.2) is 74.9 Å². The molecule has 0 bridgehead atoms. The number of likely N-dealkylation sites (tertiary alicyclic amines) is 1. The van der Waals surface area contributed by atoms with Crippen LogP contribution in [0.1, 0.15) is 51.2 Å². The second kappa shape index (κ2) is 16.7. The third-order valence-corrected chi connectivity index (χ3v) is 5.63. The molecule has 0 saturated carbocycles. The molecule has 0 aliphatic carbocycles. The van der Waals surface area contributed by atoms with Crippen LogP contribution in [0, 0.1) is 0 Å². The zero-order chi connectivity index (χ0) is 21.6. The number of nitrogens with one attached hydrogen (secondary N) is 1. The Morgan fingerprint density at radius 3 is 2.48 bits per heavy atom. The van der Waals surface area contributed by atoms with Gasteiger partial charge in [0, 0.05) is 46.5 Å². The van der Waals surface area contributed by atoms with Gasteiger partial charge in [-0.3, -0.25) is 4.90 Å². The van der Waals surface area contributed by atoms with E-state index < -0.39 is 0 Å². The smallest absolute Gasteiger partial charge is 0.194 e. The summed E-state index contributed by atoms with van der Waals surface area (Å²) < 4.78 is 11.1. The van der Waals surface area contributed by atoms with Crippen molar-refractivity contribution >= 4 is 29.9 Å². The predicted molar refractivity (Wildman–Crippen MR) is 140 cm³/mol. The maximum atomic E-state index is 5.99. The Kier molecular flexibility index (Phi) is 15.2. The molecule has 0 amide bonds. The van der Waals surface area contributed by atoms with Crippen molar-refractivity contribution in [3.63, 3.8) is 0 Å². The van der Waals surface area contributed by atoms with Crippen LogP contribution in [0.15, 0.2) is 29.3 Å². The zero-order valence-corrected chi connectivity index (χ0v) is 22.3. The molecule has 0 spiro atoms. The molecule has 0 aromatic heterocycles. The summed E-state index contributed by atoms with van der Waals surface area (Å²) in [4.78, 5) is 9.75. The minimum absolute atomic E-state index is 0. The van der Waals surface area contributed by atoms with Crippen molar-refractivity contribution in [3.8, 4) is 0 Å². The van der Waals surface area contributed by atoms with Crippen molar-refractivity contribution in [2.75, 3.05) is 53.0 Å². The van der Waals surface area contributed by atoms with Crippen LogP contribution in [0.25, 0.3) is 0 Å². The summed E-state index contributed by atoms with van der Waals surface area (Å²) >= 11 is 0. The van der Waals surface area contributed by atoms with Gasteiger partial charge in [-0.1, -0.05) is 38.1 Å². The van der Waals surface area contributed by atoms with Gasteiger partial charge in [0.15, 0.2) is 5.96 Å². The van der Waals surface area contributed by atoms with Crippen LogP contribution < -0.4 is 5.32 Å². The first-order valence-electron chi connectivity index (χ1n) is 11.6. The average Bonchev–Trinajstić information content (AvgIpc) is 2.78. The molecule has 1 saturated heterocycles. The summed E-state index contributed by atoms with van der Waals surface area (Å²) in [5, 5.41) is 3.47. The van der Waals surface area contributed by atoms with Gasteiger partial charge in [-0.15, -0.1) is 24.0 Å². The molecule has 1 aliphatic heterocycles. The number of benzene rings is 1. The minimum Gasteiger partial charge on any atom is -0.385 e. The van der Waals surface area contributed by atoms with Gasteiger partial charge in [0.2, 0.25) is 0 Å². The Bertz CT molecular complexity index is 617. The highest BCUT2D eigenvalue weighted by atomic mass is 127. The Labute approximate surface area is 206 Å². The standard InChI is InChI=1S/C24H42N4O2.HI/c1-5-25-24(28-14-12-23(13-15-28)30-17-9-16-29-4)26-19-21-10-8-11-22(18-21)20-27(6-2)7-3;/h8,10-11,18,23H,5-7,9,12-17,19-20H2,1-4H3,(H,25,26);1H. The second-order valence-corrected chi connectivity index (χ2v) is 7.86. The number of hydrogen-bond acceptors (Lipinski definition) is 4. The Balaban J connectivity index is 0.00000480. The van der Waals surface area contributed by atoms with Crippen LogP contribution in [0.5, 0.6) is 0 Å². The van der Waals surface area contributed by atoms with E-state index in [2.05, 4.69) is 60.2 Å². The van der Waals surface area contributed by atoms with Crippen molar-refractivity contribution in [2.45, 2.75) is 59.2 Å². The van der Waals surface area contributed by atoms with Gasteiger partial charge in [0.1, 0.15) is 0 Å². The molecule has 1 aromatic carbocycles. The minimum atomic E-state index is 0. The molecule has 0 unspecified atom stereocenters. The zero-order valence-electron chi connectivity index (χ0n) is 19.9. The van der Waals surface area contributed by atoms with Gasteiger partial charge in [-0.05, 0) is 50.4 Å². The summed E-state index contributed by atoms with van der Waals surface area (Å²) in [6.45, 7) is 14.9. The van der Waals surface area contributed by atoms with Crippen molar-refractivity contribution in [1.82, 2.24) is 15.1 Å². The van der Waals surface area contributed by atoms with Crippen molar-refractivity contribution < 1.29 is 9.47 Å². The highest BCUT2D eigenvalue weighted by Crippen LogP contribution is 2.15. The molecule has 6 nitrogen and oxygen atoms in total. The molecule has 1 fully saturated rings. The first kappa shape index (κ1) is 28.1. The first-order chi connectivity index (χ1) is 14.7. The normalized spacial score (nSPS) is 15.3. The molecular weight excluding hydrogens is 503 g/mol. The molecule has 0 radical (unpaired) electrons. The van der Waals surface area contributed by atoms with E-state index in [1.807, 2.05) is 0 Å². The maximum absolute atomic E-state index is 5.99. The van der Waals surface area contributed by atoms with Crippen LogP contribution >= 0.6 is 24.0 Å². The molecule has 1 N–H and O–H groups in total. The summed E-state index contributed by atoms with van der Waals surface area (Å²) in [5.41, 5.74) is 2.63. The van der Waals surface area contributed by atoms with Crippen molar-refractivity contribution in [2.24, 2.45) is 4.99 Å². The molecule has 1 heterocycles. The van der Waals surface area contributed by atoms with Gasteiger partial charge in [0.25, 0.3) is 0 Å². The highest BCUT2D eigenvalue weighted by molar-refractivity contribution is 14.0. The summed E-state index contributed by atoms with van der Waals surface area (Å²) in [7, 11) is 1.74. The number of piperidine rings is 1. The quantitative estimate of drug-likeness (QED) is 0.185. The Morgan fingerprint density at radius 1 is 1.13 bits per heavy atom. The third kappa shape index (κ3) is 10.5. The van der Waals surface area contributed by atoms with E-state index in [4.69, 9.17) is 14.5 Å². The molecule has 0 atom stereocenters. The lowest BCUT2D eigenvalue weighted by atomic mass is 10.1. The van der Waals surface area contributed by atoms with Gasteiger partial charge >= 0.3 is 0 Å². The fraction of sp³-hybridized carbons (Fsp3) is 0.708. The van der Waals surface area contributed by atoms with Crippen molar-refractivity contribution in [3.05, 3.63) is 35.4 Å². The topological polar surface area (TPSA) is 49.3 Å². The number of methoxy groups -OCH3 is 1. The number of nitrogens with zero attached hydrogens (tertiary/aromatic N) is 3. The third-order valence-electron chi connectivity index (χ3n) is 5.63. The van der Waals surface area contributed by atoms with E-state index >= 15 is 0 Å². The average molecular weight is 547 g/mol. The molecule has 1 aliphatic rings. The summed E-state index contributed by atoms with van der Waals surface area (Å²) in [6, 6.07) is 8.85. The Morgan fingerprint density at radius 2 is 1.84 bits per heavy atom. The SMILES string of the molecule is CCNC(=NCc1cccc(CN(CC)CC)c1)N1CCC(OCCCOC)CC1.I. The second-order valence-electron chi connectivity index (χ2n) is 7.86. The van der Waals surface area contributed by atoms with E-state index in [1.54, 1.807) is 7.11 Å². The lowest BCUT2D eigenvalue weighted by Crippen LogP contribution is -2.47. The molecule has 178 valence electrons. The van der Waals surface area contributed by atoms with E-state index in [0.717, 1.165) is 77.7 Å². The fourth-order valence-electron chi connectivity index (χ4n) is 3.81. The summed E-state index contributed by atoms with van der Waals surface area (Å²) in [6.07, 6.45) is 3.43. The van der Waals surface area contributed by atoms with Gasteiger partial charge in [-0.2, -0.15) is 0 Å². The molecular formula is C24H43IN4O2. The number of ether oxygens (including phenoxy) is 2. The number of rotatable bonds is 12. The molecule has 1 aromatic rings. The number of hydrogen-bond donors (Lipinski definition) is 1. The maximum Gasteiger partial charge on any atom is 0.194 e. The summed E-state index contributed by atoms with van der Waals surface area (Å²) in [5.74, 6) is 1.02. The van der Waals surface area contributed by atoms with E-state index in [0.29, 0.717) is 12.6 Å². The fourth-order valence-corrected chi connectivity index (χ4v) is 3.81. The van der Waals surface area contributed by atoms with Gasteiger partial charge < -0.3 is 19.7 Å². The molecule has 31 heavy (non-hydrogen) atoms. The van der Waals surface area contributed by atoms with Crippen molar-refractivity contribution in [1.29, 1.82) is 0 Å². The Hall–Kier alpha value is -0.900. The lowest BCUT2D eigenvalue weighted by Gasteiger charge is -2.34. The highest BCUT2D eigenvalue weighted by Gasteiger charge is 2.21. The largest absolute Gasteiger partial charge is 0.385 e. The number of guanidine groups is 1.